The molecule has 6 heteroatoms. The van der Waals surface area contributed by atoms with E-state index in [1.807, 2.05) is 54.6 Å². The average molecular weight is 437 g/mol. The van der Waals surface area contributed by atoms with Crippen LogP contribution in [0.15, 0.2) is 78.9 Å². The van der Waals surface area contributed by atoms with Crippen molar-refractivity contribution in [3.63, 3.8) is 0 Å². The van der Waals surface area contributed by atoms with Crippen LogP contribution < -0.4 is 10.1 Å². The van der Waals surface area contributed by atoms with Gasteiger partial charge in [-0.2, -0.15) is 0 Å². The highest BCUT2D eigenvalue weighted by Crippen LogP contribution is 2.21. The van der Waals surface area contributed by atoms with E-state index in [2.05, 4.69) is 5.32 Å². The molecule has 5 nitrogen and oxygen atoms in total. The molecule has 0 aliphatic rings. The first-order valence-corrected chi connectivity index (χ1v) is 10.3. The lowest BCUT2D eigenvalue weighted by Crippen LogP contribution is -2.34. The van der Waals surface area contributed by atoms with Crippen molar-refractivity contribution in [3.8, 4) is 5.75 Å². The van der Waals surface area contributed by atoms with Gasteiger partial charge < -0.3 is 15.0 Å². The number of carbonyl (C=O) groups is 2. The average Bonchev–Trinajstić information content (AvgIpc) is 2.79. The van der Waals surface area contributed by atoms with Crippen molar-refractivity contribution in [3.05, 3.63) is 101 Å². The number of hydrogen-bond acceptors (Lipinski definition) is 3. The third kappa shape index (κ3) is 6.09. The molecule has 0 aliphatic heterocycles. The monoisotopic (exact) mass is 436 g/mol. The van der Waals surface area contributed by atoms with Gasteiger partial charge in [0.05, 0.1) is 30.2 Å². The highest BCUT2D eigenvalue weighted by atomic mass is 35.5. The first kappa shape index (κ1) is 22.4. The molecule has 0 bridgehead atoms. The summed E-state index contributed by atoms with van der Waals surface area (Å²) in [7, 11) is 3.37. The fraction of sp³-hybridized carbons (Fsp3) is 0.200. The Bertz CT molecular complexity index is 1020. The van der Waals surface area contributed by atoms with Crippen molar-refractivity contribution in [2.24, 2.45) is 0 Å². The smallest absolute Gasteiger partial charge is 0.253 e. The third-order valence-electron chi connectivity index (χ3n) is 5.01. The number of carbonyl (C=O) groups excluding carboxylic acids is 2. The van der Waals surface area contributed by atoms with Gasteiger partial charge in [0.2, 0.25) is 5.91 Å². The summed E-state index contributed by atoms with van der Waals surface area (Å²) in [6.45, 7) is 0.461. The molecule has 0 saturated heterocycles. The van der Waals surface area contributed by atoms with Gasteiger partial charge in [-0.1, -0.05) is 66.2 Å². The maximum absolute atomic E-state index is 13.0. The second-order valence-corrected chi connectivity index (χ2v) is 7.63. The molecule has 1 N–H and O–H groups in total. The van der Waals surface area contributed by atoms with Gasteiger partial charge >= 0.3 is 0 Å². The molecule has 160 valence electrons. The standard InChI is InChI=1S/C25H25ClN2O3/c1-28(17-18-12-14-20(31-2)15-13-18)24(29)16-23(19-8-4-3-5-9-19)27-25(30)21-10-6-7-11-22(21)26/h3-15,23H,16-17H2,1-2H3,(H,27,30). The Balaban J connectivity index is 1.72. The Morgan fingerprint density at radius 2 is 1.61 bits per heavy atom. The van der Waals surface area contributed by atoms with Crippen LogP contribution in [0.3, 0.4) is 0 Å². The van der Waals surface area contributed by atoms with E-state index in [0.29, 0.717) is 17.1 Å². The lowest BCUT2D eigenvalue weighted by molar-refractivity contribution is -0.130. The minimum Gasteiger partial charge on any atom is -0.497 e. The van der Waals surface area contributed by atoms with E-state index in [4.69, 9.17) is 16.3 Å². The van der Waals surface area contributed by atoms with E-state index in [-0.39, 0.29) is 18.2 Å². The molecular formula is C25H25ClN2O3. The number of nitrogens with zero attached hydrogens (tertiary/aromatic N) is 1. The summed E-state index contributed by atoms with van der Waals surface area (Å²) in [4.78, 5) is 27.4. The second-order valence-electron chi connectivity index (χ2n) is 7.22. The summed E-state index contributed by atoms with van der Waals surface area (Å²) in [5.41, 5.74) is 2.23. The molecule has 0 heterocycles. The lowest BCUT2D eigenvalue weighted by atomic mass is 10.0. The zero-order valence-corrected chi connectivity index (χ0v) is 18.3. The molecule has 1 atom stereocenters. The predicted octanol–water partition coefficient (Wildman–Crippen LogP) is 4.87. The number of rotatable bonds is 8. The largest absolute Gasteiger partial charge is 0.497 e. The molecule has 0 aliphatic carbocycles. The molecular weight excluding hydrogens is 412 g/mol. The van der Waals surface area contributed by atoms with Crippen molar-refractivity contribution < 1.29 is 14.3 Å². The normalized spacial score (nSPS) is 11.5. The van der Waals surface area contributed by atoms with Gasteiger partial charge in [0.15, 0.2) is 0 Å². The molecule has 0 saturated carbocycles. The zero-order valence-electron chi connectivity index (χ0n) is 17.5. The van der Waals surface area contributed by atoms with Crippen molar-refractivity contribution in [2.75, 3.05) is 14.2 Å². The molecule has 0 radical (unpaired) electrons. The maximum atomic E-state index is 13.0. The third-order valence-corrected chi connectivity index (χ3v) is 5.34. The summed E-state index contributed by atoms with van der Waals surface area (Å²) >= 11 is 6.17. The van der Waals surface area contributed by atoms with E-state index in [1.165, 1.54) is 0 Å². The number of methoxy groups -OCH3 is 1. The van der Waals surface area contributed by atoms with Crippen LogP contribution in [0.5, 0.6) is 5.75 Å². The van der Waals surface area contributed by atoms with Crippen molar-refractivity contribution in [1.29, 1.82) is 0 Å². The van der Waals surface area contributed by atoms with Crippen LogP contribution in [0.25, 0.3) is 0 Å². The molecule has 0 aromatic heterocycles. The Morgan fingerprint density at radius 3 is 2.26 bits per heavy atom. The van der Waals surface area contributed by atoms with Crippen LogP contribution in [-0.2, 0) is 11.3 Å². The maximum Gasteiger partial charge on any atom is 0.253 e. The van der Waals surface area contributed by atoms with Crippen LogP contribution in [0.2, 0.25) is 5.02 Å². The second kappa shape index (κ2) is 10.6. The highest BCUT2D eigenvalue weighted by molar-refractivity contribution is 6.33. The van der Waals surface area contributed by atoms with E-state index < -0.39 is 6.04 Å². The van der Waals surface area contributed by atoms with Crippen LogP contribution in [0.4, 0.5) is 0 Å². The molecule has 0 fully saturated rings. The van der Waals surface area contributed by atoms with Gasteiger partial charge in [0, 0.05) is 13.6 Å². The zero-order chi connectivity index (χ0) is 22.2. The van der Waals surface area contributed by atoms with Gasteiger partial charge in [0.25, 0.3) is 5.91 Å². The minimum absolute atomic E-state index is 0.0795. The van der Waals surface area contributed by atoms with Crippen LogP contribution in [0.1, 0.15) is 33.9 Å². The lowest BCUT2D eigenvalue weighted by Gasteiger charge is -2.23. The van der Waals surface area contributed by atoms with E-state index in [1.54, 1.807) is 43.3 Å². The van der Waals surface area contributed by atoms with E-state index in [0.717, 1.165) is 16.9 Å². The number of ether oxygens (including phenoxy) is 1. The first-order valence-electron chi connectivity index (χ1n) is 9.95. The molecule has 3 aromatic rings. The summed E-state index contributed by atoms with van der Waals surface area (Å²) in [6.07, 6.45) is 0.132. The van der Waals surface area contributed by atoms with E-state index >= 15 is 0 Å². The molecule has 3 aromatic carbocycles. The van der Waals surface area contributed by atoms with Gasteiger partial charge in [-0.3, -0.25) is 9.59 Å². The predicted molar refractivity (Wildman–Crippen MR) is 122 cm³/mol. The Morgan fingerprint density at radius 1 is 0.968 bits per heavy atom. The van der Waals surface area contributed by atoms with Crippen LogP contribution in [-0.4, -0.2) is 30.9 Å². The molecule has 0 spiro atoms. The highest BCUT2D eigenvalue weighted by Gasteiger charge is 2.22. The summed E-state index contributed by atoms with van der Waals surface area (Å²) in [5, 5.41) is 3.34. The molecule has 3 rings (SSSR count). The quantitative estimate of drug-likeness (QED) is 0.548. The number of halogens is 1. The Hall–Kier alpha value is -3.31. The van der Waals surface area contributed by atoms with Crippen molar-refractivity contribution in [2.45, 2.75) is 19.0 Å². The number of benzene rings is 3. The number of hydrogen-bond donors (Lipinski definition) is 1. The fourth-order valence-electron chi connectivity index (χ4n) is 3.24. The fourth-order valence-corrected chi connectivity index (χ4v) is 3.46. The van der Waals surface area contributed by atoms with Gasteiger partial charge in [-0.15, -0.1) is 0 Å². The molecule has 31 heavy (non-hydrogen) atoms. The number of amides is 2. The van der Waals surface area contributed by atoms with Crippen molar-refractivity contribution in [1.82, 2.24) is 10.2 Å². The van der Waals surface area contributed by atoms with Crippen LogP contribution in [0, 0.1) is 0 Å². The SMILES string of the molecule is COc1ccc(CN(C)C(=O)CC(NC(=O)c2ccccc2Cl)c2ccccc2)cc1. The van der Waals surface area contributed by atoms with Crippen molar-refractivity contribution >= 4 is 23.4 Å². The molecule has 1 unspecified atom stereocenters. The van der Waals surface area contributed by atoms with Crippen LogP contribution >= 0.6 is 11.6 Å². The Labute approximate surface area is 187 Å². The first-order chi connectivity index (χ1) is 15.0. The van der Waals surface area contributed by atoms with Gasteiger partial charge in [-0.05, 0) is 35.4 Å². The van der Waals surface area contributed by atoms with Gasteiger partial charge in [-0.25, -0.2) is 0 Å². The molecule has 2 amide bonds. The summed E-state index contributed by atoms with van der Waals surface area (Å²) in [5.74, 6) is 0.373. The van der Waals surface area contributed by atoms with Gasteiger partial charge in [0.1, 0.15) is 5.75 Å². The Kier molecular flexibility index (Phi) is 7.68. The minimum atomic E-state index is -0.476. The summed E-state index contributed by atoms with van der Waals surface area (Å²) < 4.78 is 5.17. The number of nitrogens with one attached hydrogen (secondary N) is 1. The van der Waals surface area contributed by atoms with E-state index in [9.17, 15) is 9.59 Å². The summed E-state index contributed by atoms with van der Waals surface area (Å²) in [6, 6.07) is 23.4. The topological polar surface area (TPSA) is 58.6 Å².